The Balaban J connectivity index is 1.36. The number of carbonyl (C=O) groups excluding carboxylic acids is 1. The second-order valence-electron chi connectivity index (χ2n) is 9.12. The van der Waals surface area contributed by atoms with Crippen molar-refractivity contribution in [3.63, 3.8) is 0 Å². The number of hydrogen-bond acceptors (Lipinski definition) is 3. The Morgan fingerprint density at radius 2 is 1.96 bits per heavy atom. The largest absolute Gasteiger partial charge is 0.489 e. The van der Waals surface area contributed by atoms with E-state index in [1.807, 2.05) is 18.2 Å². The number of ether oxygens (including phenoxy) is 1. The van der Waals surface area contributed by atoms with Crippen molar-refractivity contribution in [2.24, 2.45) is 17.3 Å². The lowest BCUT2D eigenvalue weighted by molar-refractivity contribution is -0.134. The Morgan fingerprint density at radius 3 is 2.79 bits per heavy atom. The van der Waals surface area contributed by atoms with Crippen LogP contribution in [0.15, 0.2) is 48.5 Å². The third-order valence-corrected chi connectivity index (χ3v) is 7.68. The molecule has 0 heterocycles. The van der Waals surface area contributed by atoms with Crippen LogP contribution in [0.2, 0.25) is 0 Å². The van der Waals surface area contributed by atoms with Crippen LogP contribution in [0, 0.1) is 17.3 Å². The van der Waals surface area contributed by atoms with Gasteiger partial charge in [0.05, 0.1) is 0 Å². The molecular formula is C25H28O3. The number of Topliss-reactive ketones (excluding diaryl/α,β-unsaturated/α-hetero) is 1. The SMILES string of the molecule is C[C@]12CC[C@@H]3c4ccc(OCc5ccccc5)cc4CC[C@H]3[C@@H]1C[C@@H](O)C2=O. The van der Waals surface area contributed by atoms with Crippen LogP contribution < -0.4 is 4.74 Å². The molecule has 0 bridgehead atoms. The van der Waals surface area contributed by atoms with Crippen molar-refractivity contribution in [1.82, 2.24) is 0 Å². The smallest absolute Gasteiger partial charge is 0.167 e. The molecule has 146 valence electrons. The van der Waals surface area contributed by atoms with Crippen LogP contribution in [0.3, 0.4) is 0 Å². The summed E-state index contributed by atoms with van der Waals surface area (Å²) in [5, 5.41) is 10.2. The van der Waals surface area contributed by atoms with E-state index in [1.165, 1.54) is 16.7 Å². The summed E-state index contributed by atoms with van der Waals surface area (Å²) in [6.07, 6.45) is 4.01. The number of aliphatic hydroxyl groups excluding tert-OH is 1. The highest BCUT2D eigenvalue weighted by molar-refractivity contribution is 5.91. The van der Waals surface area contributed by atoms with Crippen LogP contribution in [-0.4, -0.2) is 17.0 Å². The minimum atomic E-state index is -0.746. The number of benzene rings is 2. The Hall–Kier alpha value is -2.13. The summed E-state index contributed by atoms with van der Waals surface area (Å²) < 4.78 is 6.03. The lowest BCUT2D eigenvalue weighted by Gasteiger charge is -2.48. The topological polar surface area (TPSA) is 46.5 Å². The van der Waals surface area contributed by atoms with E-state index in [9.17, 15) is 9.90 Å². The summed E-state index contributed by atoms with van der Waals surface area (Å²) in [4.78, 5) is 12.5. The van der Waals surface area contributed by atoms with Gasteiger partial charge < -0.3 is 9.84 Å². The molecule has 0 aromatic heterocycles. The molecule has 3 heteroatoms. The predicted molar refractivity (Wildman–Crippen MR) is 108 cm³/mol. The fourth-order valence-electron chi connectivity index (χ4n) is 6.18. The van der Waals surface area contributed by atoms with Crippen LogP contribution in [0.1, 0.15) is 55.2 Å². The molecule has 5 rings (SSSR count). The van der Waals surface area contributed by atoms with Crippen molar-refractivity contribution in [3.05, 3.63) is 65.2 Å². The molecule has 0 amide bonds. The number of rotatable bonds is 3. The molecule has 2 saturated carbocycles. The monoisotopic (exact) mass is 376 g/mol. The van der Waals surface area contributed by atoms with E-state index in [0.717, 1.165) is 31.4 Å². The average molecular weight is 376 g/mol. The molecule has 28 heavy (non-hydrogen) atoms. The average Bonchev–Trinajstić information content (AvgIpc) is 2.96. The molecule has 0 unspecified atom stereocenters. The van der Waals surface area contributed by atoms with E-state index in [-0.39, 0.29) is 11.2 Å². The van der Waals surface area contributed by atoms with E-state index in [2.05, 4.69) is 37.3 Å². The zero-order valence-corrected chi connectivity index (χ0v) is 16.4. The summed E-state index contributed by atoms with van der Waals surface area (Å²) in [7, 11) is 0. The molecule has 5 atom stereocenters. The van der Waals surface area contributed by atoms with Gasteiger partial charge >= 0.3 is 0 Å². The summed E-state index contributed by atoms with van der Waals surface area (Å²) in [5.41, 5.74) is 3.72. The maximum absolute atomic E-state index is 12.5. The highest BCUT2D eigenvalue weighted by atomic mass is 16.5. The van der Waals surface area contributed by atoms with Crippen molar-refractivity contribution in [1.29, 1.82) is 0 Å². The molecule has 3 nitrogen and oxygen atoms in total. The van der Waals surface area contributed by atoms with Crippen LogP contribution in [0.4, 0.5) is 0 Å². The van der Waals surface area contributed by atoms with E-state index in [4.69, 9.17) is 4.74 Å². The summed E-state index contributed by atoms with van der Waals surface area (Å²) in [6, 6.07) is 16.8. The first-order valence-electron chi connectivity index (χ1n) is 10.6. The zero-order chi connectivity index (χ0) is 19.3. The molecule has 3 aliphatic carbocycles. The highest BCUT2D eigenvalue weighted by Crippen LogP contribution is 2.59. The van der Waals surface area contributed by atoms with Crippen molar-refractivity contribution < 1.29 is 14.6 Å². The fraction of sp³-hybridized carbons (Fsp3) is 0.480. The predicted octanol–water partition coefficient (Wildman–Crippen LogP) is 4.66. The molecule has 0 aliphatic heterocycles. The van der Waals surface area contributed by atoms with Crippen molar-refractivity contribution in [3.8, 4) is 5.75 Å². The highest BCUT2D eigenvalue weighted by Gasteiger charge is 2.57. The number of fused-ring (bicyclic) bond motifs is 5. The summed E-state index contributed by atoms with van der Waals surface area (Å²) in [6.45, 7) is 2.69. The van der Waals surface area contributed by atoms with Gasteiger partial charge in [0.15, 0.2) is 5.78 Å². The van der Waals surface area contributed by atoms with Gasteiger partial charge in [0.1, 0.15) is 18.5 Å². The van der Waals surface area contributed by atoms with Crippen LogP contribution in [-0.2, 0) is 17.8 Å². The van der Waals surface area contributed by atoms with Crippen molar-refractivity contribution in [2.75, 3.05) is 0 Å². The Kier molecular flexibility index (Phi) is 4.31. The first-order valence-corrected chi connectivity index (χ1v) is 10.6. The second kappa shape index (κ2) is 6.73. The number of aliphatic hydroxyl groups is 1. The van der Waals surface area contributed by atoms with E-state index >= 15 is 0 Å². The molecule has 3 aliphatic rings. The van der Waals surface area contributed by atoms with Gasteiger partial charge in [-0.25, -0.2) is 0 Å². The lowest BCUT2D eigenvalue weighted by atomic mass is 9.55. The van der Waals surface area contributed by atoms with Gasteiger partial charge in [-0.15, -0.1) is 0 Å². The van der Waals surface area contributed by atoms with Gasteiger partial charge in [-0.2, -0.15) is 0 Å². The summed E-state index contributed by atoms with van der Waals surface area (Å²) >= 11 is 0. The molecular weight excluding hydrogens is 348 g/mol. The number of ketones is 1. The fourth-order valence-corrected chi connectivity index (χ4v) is 6.18. The molecule has 0 spiro atoms. The molecule has 1 N–H and O–H groups in total. The first-order chi connectivity index (χ1) is 13.6. The standard InChI is InChI=1S/C25H28O3/c1-25-12-11-20-19-10-8-18(28-15-16-5-3-2-4-6-16)13-17(19)7-9-21(20)22(25)14-23(26)24(25)27/h2-6,8,10,13,20-23,26H,7,9,11-12,14-15H2,1H3/t20-,21-,22+,23-,25+/m1/s1. The summed E-state index contributed by atoms with van der Waals surface area (Å²) in [5.74, 6) is 2.39. The number of aryl methyl sites for hydroxylation is 1. The maximum Gasteiger partial charge on any atom is 0.167 e. The number of hydrogen-bond donors (Lipinski definition) is 1. The van der Waals surface area contributed by atoms with Gasteiger partial charge in [0.2, 0.25) is 0 Å². The third-order valence-electron chi connectivity index (χ3n) is 7.68. The van der Waals surface area contributed by atoms with Crippen molar-refractivity contribution in [2.45, 2.75) is 57.7 Å². The van der Waals surface area contributed by atoms with Crippen LogP contribution >= 0.6 is 0 Å². The van der Waals surface area contributed by atoms with Crippen molar-refractivity contribution >= 4 is 5.78 Å². The quantitative estimate of drug-likeness (QED) is 0.847. The van der Waals surface area contributed by atoms with Gasteiger partial charge in [0.25, 0.3) is 0 Å². The van der Waals surface area contributed by atoms with E-state index in [0.29, 0.717) is 30.8 Å². The molecule has 0 radical (unpaired) electrons. The Morgan fingerprint density at radius 1 is 1.14 bits per heavy atom. The Labute approximate surface area is 166 Å². The lowest BCUT2D eigenvalue weighted by Crippen LogP contribution is -2.42. The molecule has 2 aromatic carbocycles. The Bertz CT molecular complexity index is 890. The third kappa shape index (κ3) is 2.79. The van der Waals surface area contributed by atoms with E-state index in [1.54, 1.807) is 0 Å². The van der Waals surface area contributed by atoms with Crippen LogP contribution in [0.25, 0.3) is 0 Å². The minimum Gasteiger partial charge on any atom is -0.489 e. The maximum atomic E-state index is 12.5. The number of carbonyl (C=O) groups is 1. The van der Waals surface area contributed by atoms with Crippen LogP contribution in [0.5, 0.6) is 5.75 Å². The minimum absolute atomic E-state index is 0.0893. The van der Waals surface area contributed by atoms with Gasteiger partial charge in [-0.1, -0.05) is 43.3 Å². The van der Waals surface area contributed by atoms with Gasteiger partial charge in [0, 0.05) is 5.41 Å². The molecule has 2 aromatic rings. The normalized spacial score (nSPS) is 33.7. The molecule has 0 saturated heterocycles. The van der Waals surface area contributed by atoms with Gasteiger partial charge in [-0.3, -0.25) is 4.79 Å². The van der Waals surface area contributed by atoms with Gasteiger partial charge in [-0.05, 0) is 78.7 Å². The second-order valence-corrected chi connectivity index (χ2v) is 9.12. The first kappa shape index (κ1) is 17.9. The zero-order valence-electron chi connectivity index (χ0n) is 16.4. The molecule has 2 fully saturated rings. The van der Waals surface area contributed by atoms with E-state index < -0.39 is 6.10 Å².